The van der Waals surface area contributed by atoms with E-state index in [4.69, 9.17) is 22.1 Å². The lowest BCUT2D eigenvalue weighted by Gasteiger charge is -2.10. The number of nitrogens with two attached hydrogens (primary N) is 1. The molecule has 5 heteroatoms. The van der Waals surface area contributed by atoms with Gasteiger partial charge in [0.25, 0.3) is 0 Å². The van der Waals surface area contributed by atoms with Gasteiger partial charge >= 0.3 is 0 Å². The number of anilines is 2. The summed E-state index contributed by atoms with van der Waals surface area (Å²) >= 11 is 5.79. The van der Waals surface area contributed by atoms with Crippen LogP contribution in [-0.4, -0.2) is 13.0 Å². The van der Waals surface area contributed by atoms with Crippen LogP contribution in [0.3, 0.4) is 0 Å². The van der Waals surface area contributed by atoms with Crippen molar-refractivity contribution in [2.75, 3.05) is 18.2 Å². The quantitative estimate of drug-likeness (QED) is 0.739. The maximum Gasteiger partial charge on any atom is 0.221 e. The van der Waals surface area contributed by atoms with Gasteiger partial charge in [-0.05, 0) is 6.07 Å². The van der Waals surface area contributed by atoms with Crippen LogP contribution in [0.2, 0.25) is 5.02 Å². The number of carbonyl (C=O) groups is 1. The summed E-state index contributed by atoms with van der Waals surface area (Å²) in [7, 11) is 1.49. The molecular weight excluding hydrogens is 204 g/mol. The summed E-state index contributed by atoms with van der Waals surface area (Å²) in [6, 6.07) is 3.12. The second kappa shape index (κ2) is 4.19. The molecule has 4 nitrogen and oxygen atoms in total. The predicted molar refractivity (Wildman–Crippen MR) is 56.7 cm³/mol. The van der Waals surface area contributed by atoms with Gasteiger partial charge in [0.15, 0.2) is 0 Å². The molecule has 3 N–H and O–H groups in total. The first kappa shape index (κ1) is 10.7. The first-order valence-corrected chi connectivity index (χ1v) is 4.33. The van der Waals surface area contributed by atoms with Crippen molar-refractivity contribution in [1.82, 2.24) is 0 Å². The van der Waals surface area contributed by atoms with Gasteiger partial charge in [0.2, 0.25) is 5.91 Å². The molecule has 1 rings (SSSR count). The number of hydrogen-bond donors (Lipinski definition) is 2. The minimum absolute atomic E-state index is 0.191. The Balaban J connectivity index is 3.13. The fourth-order valence-corrected chi connectivity index (χ4v) is 1.19. The fraction of sp³-hybridized carbons (Fsp3) is 0.222. The van der Waals surface area contributed by atoms with Gasteiger partial charge in [-0.15, -0.1) is 0 Å². The molecule has 0 heterocycles. The Labute approximate surface area is 87.0 Å². The van der Waals surface area contributed by atoms with Crippen molar-refractivity contribution in [2.45, 2.75) is 6.92 Å². The summed E-state index contributed by atoms with van der Waals surface area (Å²) in [6.45, 7) is 1.41. The van der Waals surface area contributed by atoms with Crippen molar-refractivity contribution in [3.05, 3.63) is 17.2 Å². The molecule has 0 atom stereocenters. The van der Waals surface area contributed by atoms with Crippen molar-refractivity contribution in [3.8, 4) is 5.75 Å². The highest BCUT2D eigenvalue weighted by Crippen LogP contribution is 2.32. The summed E-state index contributed by atoms with van der Waals surface area (Å²) in [6.07, 6.45) is 0. The Morgan fingerprint density at radius 2 is 2.21 bits per heavy atom. The number of carbonyl (C=O) groups excluding carboxylic acids is 1. The van der Waals surface area contributed by atoms with E-state index in [2.05, 4.69) is 5.32 Å². The fourth-order valence-electron chi connectivity index (χ4n) is 1.03. The zero-order chi connectivity index (χ0) is 10.7. The standard InChI is InChI=1S/C9H11ClN2O2/c1-5(13)12-8-3-6(10)7(11)4-9(8)14-2/h3-4H,11H2,1-2H3,(H,12,13). The van der Waals surface area contributed by atoms with E-state index in [9.17, 15) is 4.79 Å². The van der Waals surface area contributed by atoms with Crippen molar-refractivity contribution >= 4 is 28.9 Å². The minimum atomic E-state index is -0.191. The van der Waals surface area contributed by atoms with Gasteiger partial charge in [0, 0.05) is 13.0 Å². The van der Waals surface area contributed by atoms with E-state index in [1.807, 2.05) is 0 Å². The second-order valence-electron chi connectivity index (χ2n) is 2.76. The lowest BCUT2D eigenvalue weighted by molar-refractivity contribution is -0.114. The van der Waals surface area contributed by atoms with E-state index in [1.165, 1.54) is 14.0 Å². The van der Waals surface area contributed by atoms with Crippen LogP contribution in [0.1, 0.15) is 6.92 Å². The van der Waals surface area contributed by atoms with Crippen LogP contribution >= 0.6 is 11.6 Å². The van der Waals surface area contributed by atoms with Gasteiger partial charge in [0.05, 0.1) is 23.5 Å². The van der Waals surface area contributed by atoms with E-state index >= 15 is 0 Å². The molecule has 1 aromatic carbocycles. The number of ether oxygens (including phenoxy) is 1. The highest BCUT2D eigenvalue weighted by molar-refractivity contribution is 6.33. The van der Waals surface area contributed by atoms with Gasteiger partial charge in [-0.25, -0.2) is 0 Å². The lowest BCUT2D eigenvalue weighted by Crippen LogP contribution is -2.07. The van der Waals surface area contributed by atoms with Crippen LogP contribution < -0.4 is 15.8 Å². The number of hydrogen-bond acceptors (Lipinski definition) is 3. The molecule has 0 fully saturated rings. The molecule has 0 saturated heterocycles. The van der Waals surface area contributed by atoms with Crippen molar-refractivity contribution in [2.24, 2.45) is 0 Å². The Morgan fingerprint density at radius 3 is 2.71 bits per heavy atom. The number of rotatable bonds is 2. The Kier molecular flexibility index (Phi) is 3.19. The minimum Gasteiger partial charge on any atom is -0.494 e. The maximum absolute atomic E-state index is 10.8. The van der Waals surface area contributed by atoms with Crippen molar-refractivity contribution < 1.29 is 9.53 Å². The van der Waals surface area contributed by atoms with E-state index in [-0.39, 0.29) is 5.91 Å². The average molecular weight is 215 g/mol. The molecule has 76 valence electrons. The first-order chi connectivity index (χ1) is 6.54. The summed E-state index contributed by atoms with van der Waals surface area (Å²) in [5.74, 6) is 0.297. The van der Waals surface area contributed by atoms with Crippen LogP contribution in [0.4, 0.5) is 11.4 Å². The molecule has 0 spiro atoms. The third-order valence-corrected chi connectivity index (χ3v) is 1.96. The van der Waals surface area contributed by atoms with Crippen LogP contribution in [0.15, 0.2) is 12.1 Å². The van der Waals surface area contributed by atoms with E-state index in [0.717, 1.165) is 0 Å². The largest absolute Gasteiger partial charge is 0.494 e. The SMILES string of the molecule is COc1cc(N)c(Cl)cc1NC(C)=O. The lowest BCUT2D eigenvalue weighted by atomic mass is 10.2. The maximum atomic E-state index is 10.8. The summed E-state index contributed by atoms with van der Waals surface area (Å²) in [5, 5.41) is 2.97. The van der Waals surface area contributed by atoms with E-state index in [1.54, 1.807) is 12.1 Å². The number of nitrogens with one attached hydrogen (secondary N) is 1. The molecular formula is C9H11ClN2O2. The van der Waals surface area contributed by atoms with Crippen molar-refractivity contribution in [3.63, 3.8) is 0 Å². The van der Waals surface area contributed by atoms with Crippen LogP contribution in [0, 0.1) is 0 Å². The molecule has 0 unspecified atom stereocenters. The molecule has 0 saturated carbocycles. The van der Waals surface area contributed by atoms with E-state index < -0.39 is 0 Å². The molecule has 0 bridgehead atoms. The molecule has 0 aliphatic carbocycles. The van der Waals surface area contributed by atoms with Gasteiger partial charge in [-0.1, -0.05) is 11.6 Å². The molecule has 0 aliphatic rings. The molecule has 14 heavy (non-hydrogen) atoms. The predicted octanol–water partition coefficient (Wildman–Crippen LogP) is 1.89. The molecule has 0 radical (unpaired) electrons. The van der Waals surface area contributed by atoms with E-state index in [0.29, 0.717) is 22.1 Å². The number of benzene rings is 1. The summed E-state index contributed by atoms with van der Waals surface area (Å²) in [5.41, 5.74) is 6.50. The molecule has 1 amide bonds. The van der Waals surface area contributed by atoms with Crippen LogP contribution in [0.25, 0.3) is 0 Å². The topological polar surface area (TPSA) is 64.3 Å². The second-order valence-corrected chi connectivity index (χ2v) is 3.16. The summed E-state index contributed by atoms with van der Waals surface area (Å²) in [4.78, 5) is 10.8. The normalized spacial score (nSPS) is 9.64. The number of halogens is 1. The zero-order valence-corrected chi connectivity index (χ0v) is 8.68. The smallest absolute Gasteiger partial charge is 0.221 e. The Morgan fingerprint density at radius 1 is 1.57 bits per heavy atom. The third-order valence-electron chi connectivity index (χ3n) is 1.63. The number of nitrogen functional groups attached to an aromatic ring is 1. The van der Waals surface area contributed by atoms with Gasteiger partial charge in [-0.3, -0.25) is 4.79 Å². The Hall–Kier alpha value is -1.42. The number of amides is 1. The molecule has 0 aromatic heterocycles. The highest BCUT2D eigenvalue weighted by Gasteiger charge is 2.08. The van der Waals surface area contributed by atoms with Gasteiger partial charge in [0.1, 0.15) is 5.75 Å². The first-order valence-electron chi connectivity index (χ1n) is 3.95. The number of methoxy groups -OCH3 is 1. The van der Waals surface area contributed by atoms with Crippen LogP contribution in [0.5, 0.6) is 5.75 Å². The third kappa shape index (κ3) is 2.29. The average Bonchev–Trinajstić information content (AvgIpc) is 2.10. The molecule has 1 aromatic rings. The highest BCUT2D eigenvalue weighted by atomic mass is 35.5. The van der Waals surface area contributed by atoms with Crippen molar-refractivity contribution in [1.29, 1.82) is 0 Å². The molecule has 0 aliphatic heterocycles. The van der Waals surface area contributed by atoms with Crippen LogP contribution in [-0.2, 0) is 4.79 Å². The van der Waals surface area contributed by atoms with Gasteiger partial charge in [-0.2, -0.15) is 0 Å². The monoisotopic (exact) mass is 214 g/mol. The zero-order valence-electron chi connectivity index (χ0n) is 7.93. The van der Waals surface area contributed by atoms with Gasteiger partial charge < -0.3 is 15.8 Å². The Bertz CT molecular complexity index is 366. The summed E-state index contributed by atoms with van der Waals surface area (Å²) < 4.78 is 5.03.